The lowest BCUT2D eigenvalue weighted by Gasteiger charge is -2.32. The predicted octanol–water partition coefficient (Wildman–Crippen LogP) is 1.86. The maximum absolute atomic E-state index is 13.3. The lowest BCUT2D eigenvalue weighted by molar-refractivity contribution is -0.110. The molecule has 5 nitrogen and oxygen atoms in total. The molecule has 4 rings (SSSR count). The molecule has 0 bridgehead atoms. The van der Waals surface area contributed by atoms with E-state index < -0.39 is 0 Å². The van der Waals surface area contributed by atoms with Crippen LogP contribution in [0.3, 0.4) is 0 Å². The number of β-amino-alcohol motifs (C(OH)–C–C–N with tert-alkyl or cyclic N) is 1. The van der Waals surface area contributed by atoms with Crippen LogP contribution in [0.15, 0.2) is 35.7 Å². The number of hydrogen-bond donors (Lipinski definition) is 2. The molecule has 3 heterocycles. The van der Waals surface area contributed by atoms with Crippen LogP contribution < -0.4 is 5.32 Å². The van der Waals surface area contributed by atoms with Crippen LogP contribution in [0.25, 0.3) is 5.57 Å². The molecule has 1 unspecified atom stereocenters. The molecule has 1 aromatic rings. The monoisotopic (exact) mass is 316 g/mol. The summed E-state index contributed by atoms with van der Waals surface area (Å²) in [6, 6.07) is 4.23. The summed E-state index contributed by atoms with van der Waals surface area (Å²) < 4.78 is 19.0. The van der Waals surface area contributed by atoms with Crippen molar-refractivity contribution in [2.75, 3.05) is 25.0 Å². The van der Waals surface area contributed by atoms with Gasteiger partial charge in [-0.3, -0.25) is 4.79 Å². The highest BCUT2D eigenvalue weighted by Gasteiger charge is 2.31. The second-order valence-corrected chi connectivity index (χ2v) is 6.05. The molecule has 0 spiro atoms. The Morgan fingerprint density at radius 3 is 3.09 bits per heavy atom. The summed E-state index contributed by atoms with van der Waals surface area (Å²) in [6.07, 6.45) is 3.29. The second-order valence-electron chi connectivity index (χ2n) is 6.05. The van der Waals surface area contributed by atoms with Gasteiger partial charge in [0, 0.05) is 24.7 Å². The molecule has 1 fully saturated rings. The number of piperidine rings is 1. The van der Waals surface area contributed by atoms with Gasteiger partial charge >= 0.3 is 0 Å². The molecule has 6 heteroatoms. The zero-order chi connectivity index (χ0) is 16.0. The number of likely N-dealkylation sites (tertiary alicyclic amines) is 1. The fourth-order valence-corrected chi connectivity index (χ4v) is 3.32. The molecule has 1 atom stereocenters. The van der Waals surface area contributed by atoms with E-state index in [0.717, 1.165) is 25.1 Å². The molecule has 0 aliphatic carbocycles. The van der Waals surface area contributed by atoms with E-state index >= 15 is 0 Å². The van der Waals surface area contributed by atoms with Crippen LogP contribution in [0.4, 0.5) is 10.1 Å². The lowest BCUT2D eigenvalue weighted by atomic mass is 10.1. The highest BCUT2D eigenvalue weighted by molar-refractivity contribution is 6.32. The second kappa shape index (κ2) is 5.38. The largest absolute Gasteiger partial charge is 0.486 e. The molecule has 2 N–H and O–H groups in total. The Hall–Kier alpha value is -2.34. The highest BCUT2D eigenvalue weighted by atomic mass is 19.1. The van der Waals surface area contributed by atoms with Crippen LogP contribution in [0.2, 0.25) is 0 Å². The molecule has 0 radical (unpaired) electrons. The molecular weight excluding hydrogens is 299 g/mol. The third kappa shape index (κ3) is 2.49. The Morgan fingerprint density at radius 2 is 2.26 bits per heavy atom. The van der Waals surface area contributed by atoms with Crippen LogP contribution >= 0.6 is 0 Å². The third-order valence-corrected chi connectivity index (χ3v) is 4.45. The standard InChI is InChI=1S/C17H17FN2O3/c18-10-3-4-13-14(6-10)19-17(22)16(13)15-7-11(9-23-15)20-5-1-2-12(21)8-20/h3-4,6-7,12,21H,1-2,5,8-9H2,(H,19,22)/b16-15-. The summed E-state index contributed by atoms with van der Waals surface area (Å²) in [7, 11) is 0. The molecule has 23 heavy (non-hydrogen) atoms. The van der Waals surface area contributed by atoms with Crippen molar-refractivity contribution in [3.05, 3.63) is 47.1 Å². The van der Waals surface area contributed by atoms with Crippen LogP contribution in [-0.2, 0) is 9.53 Å². The Balaban J connectivity index is 1.68. The minimum atomic E-state index is -0.388. The first-order chi connectivity index (χ1) is 11.1. The first kappa shape index (κ1) is 14.3. The van der Waals surface area contributed by atoms with Gasteiger partial charge in [0.25, 0.3) is 5.91 Å². The number of ether oxygens (including phenoxy) is 1. The number of carbonyl (C=O) groups excluding carboxylic acids is 1. The number of hydrogen-bond acceptors (Lipinski definition) is 4. The Labute approximate surface area is 133 Å². The maximum Gasteiger partial charge on any atom is 0.260 e. The predicted molar refractivity (Wildman–Crippen MR) is 82.8 cm³/mol. The van der Waals surface area contributed by atoms with Gasteiger partial charge in [-0.1, -0.05) is 0 Å². The lowest BCUT2D eigenvalue weighted by Crippen LogP contribution is -2.37. The number of aliphatic hydroxyl groups is 1. The van der Waals surface area contributed by atoms with E-state index in [0.29, 0.717) is 35.7 Å². The summed E-state index contributed by atoms with van der Waals surface area (Å²) in [5, 5.41) is 12.5. The molecule has 3 aliphatic rings. The summed E-state index contributed by atoms with van der Waals surface area (Å²) in [5.41, 5.74) is 2.53. The highest BCUT2D eigenvalue weighted by Crippen LogP contribution is 2.37. The van der Waals surface area contributed by atoms with Crippen molar-refractivity contribution in [2.24, 2.45) is 0 Å². The zero-order valence-electron chi connectivity index (χ0n) is 12.5. The van der Waals surface area contributed by atoms with E-state index in [1.54, 1.807) is 6.07 Å². The summed E-state index contributed by atoms with van der Waals surface area (Å²) in [6.45, 7) is 1.85. The van der Waals surface area contributed by atoms with Gasteiger partial charge in [0.2, 0.25) is 0 Å². The van der Waals surface area contributed by atoms with E-state index in [2.05, 4.69) is 10.2 Å². The molecule has 1 saturated heterocycles. The molecule has 1 amide bonds. The van der Waals surface area contributed by atoms with Gasteiger partial charge in [0.15, 0.2) is 0 Å². The van der Waals surface area contributed by atoms with Gasteiger partial charge in [-0.15, -0.1) is 0 Å². The first-order valence-electron chi connectivity index (χ1n) is 7.74. The SMILES string of the molecule is O=C1Nc2cc(F)ccc2/C1=C1\C=C(N2CCCC(O)C2)CO1. The van der Waals surface area contributed by atoms with Crippen molar-refractivity contribution in [1.29, 1.82) is 0 Å². The van der Waals surface area contributed by atoms with Crippen LogP contribution in [0.5, 0.6) is 0 Å². The molecule has 0 aromatic heterocycles. The number of carbonyl (C=O) groups is 1. The minimum absolute atomic E-state index is 0.281. The number of nitrogens with zero attached hydrogens (tertiary/aromatic N) is 1. The molecule has 1 aromatic carbocycles. The minimum Gasteiger partial charge on any atom is -0.486 e. The average Bonchev–Trinajstić information content (AvgIpc) is 3.10. The summed E-state index contributed by atoms with van der Waals surface area (Å²) >= 11 is 0. The van der Waals surface area contributed by atoms with Crippen molar-refractivity contribution >= 4 is 17.2 Å². The van der Waals surface area contributed by atoms with Crippen LogP contribution in [0, 0.1) is 5.82 Å². The number of nitrogens with one attached hydrogen (secondary N) is 1. The fraction of sp³-hybridized carbons (Fsp3) is 0.353. The Bertz CT molecular complexity index is 741. The molecule has 0 saturated carbocycles. The van der Waals surface area contributed by atoms with E-state index in [4.69, 9.17) is 4.74 Å². The molecular formula is C17H17FN2O3. The third-order valence-electron chi connectivity index (χ3n) is 4.45. The average molecular weight is 316 g/mol. The quantitative estimate of drug-likeness (QED) is 0.777. The van der Waals surface area contributed by atoms with Crippen LogP contribution in [0.1, 0.15) is 18.4 Å². The van der Waals surface area contributed by atoms with Gasteiger partial charge < -0.3 is 20.1 Å². The number of rotatable bonds is 1. The Kier molecular flexibility index (Phi) is 3.34. The zero-order valence-corrected chi connectivity index (χ0v) is 12.5. The number of anilines is 1. The number of fused-ring (bicyclic) bond motifs is 1. The smallest absolute Gasteiger partial charge is 0.260 e. The first-order valence-corrected chi connectivity index (χ1v) is 7.74. The summed E-state index contributed by atoms with van der Waals surface area (Å²) in [5.74, 6) is -0.166. The molecule has 120 valence electrons. The van der Waals surface area contributed by atoms with Crippen LogP contribution in [-0.4, -0.2) is 41.7 Å². The number of halogens is 1. The van der Waals surface area contributed by atoms with Gasteiger partial charge in [-0.05, 0) is 31.0 Å². The van der Waals surface area contributed by atoms with Gasteiger partial charge in [-0.25, -0.2) is 4.39 Å². The molecule has 3 aliphatic heterocycles. The normalized spacial score (nSPS) is 26.7. The summed E-state index contributed by atoms with van der Waals surface area (Å²) in [4.78, 5) is 14.3. The fourth-order valence-electron chi connectivity index (χ4n) is 3.32. The number of allylic oxidation sites excluding steroid dienone is 1. The number of amides is 1. The van der Waals surface area contributed by atoms with Gasteiger partial charge in [0.1, 0.15) is 18.2 Å². The Morgan fingerprint density at radius 1 is 1.39 bits per heavy atom. The topological polar surface area (TPSA) is 61.8 Å². The van der Waals surface area contributed by atoms with Crippen molar-refractivity contribution in [3.8, 4) is 0 Å². The maximum atomic E-state index is 13.3. The van der Waals surface area contributed by atoms with Crippen molar-refractivity contribution in [2.45, 2.75) is 18.9 Å². The van der Waals surface area contributed by atoms with E-state index in [1.807, 2.05) is 6.08 Å². The van der Waals surface area contributed by atoms with Gasteiger partial charge in [-0.2, -0.15) is 0 Å². The van der Waals surface area contributed by atoms with E-state index in [9.17, 15) is 14.3 Å². The number of benzene rings is 1. The van der Waals surface area contributed by atoms with Crippen molar-refractivity contribution < 1.29 is 19.0 Å². The van der Waals surface area contributed by atoms with Gasteiger partial charge in [0.05, 0.1) is 23.1 Å². The van der Waals surface area contributed by atoms with E-state index in [-0.39, 0.29) is 17.8 Å². The number of aliphatic hydroxyl groups excluding tert-OH is 1. The van der Waals surface area contributed by atoms with E-state index in [1.165, 1.54) is 12.1 Å². The van der Waals surface area contributed by atoms with Crippen molar-refractivity contribution in [1.82, 2.24) is 4.90 Å². The van der Waals surface area contributed by atoms with Crippen molar-refractivity contribution in [3.63, 3.8) is 0 Å².